The van der Waals surface area contributed by atoms with Crippen molar-refractivity contribution < 1.29 is 4.79 Å². The van der Waals surface area contributed by atoms with Gasteiger partial charge in [-0.1, -0.05) is 30.3 Å². The van der Waals surface area contributed by atoms with Gasteiger partial charge < -0.3 is 10.6 Å². The lowest BCUT2D eigenvalue weighted by Gasteiger charge is -2.14. The molecule has 2 N–H and O–H groups in total. The molecule has 2 aromatic heterocycles. The smallest absolute Gasteiger partial charge is 0.242 e. The van der Waals surface area contributed by atoms with Crippen molar-refractivity contribution in [2.45, 2.75) is 19.1 Å². The monoisotopic (exact) mass is 338 g/mol. The summed E-state index contributed by atoms with van der Waals surface area (Å²) in [6.07, 6.45) is 7.25. The fourth-order valence-corrected chi connectivity index (χ4v) is 2.68. The van der Waals surface area contributed by atoms with Gasteiger partial charge in [-0.05, 0) is 12.6 Å². The topological polar surface area (TPSA) is 76.8 Å². The third kappa shape index (κ3) is 4.33. The number of hydrogen-bond acceptors (Lipinski definition) is 4. The molecule has 1 amide bonds. The number of likely N-dealkylation sites (N-methyl/N-ethyl adjacent to an activating group) is 1. The van der Waals surface area contributed by atoms with Crippen molar-refractivity contribution in [3.8, 4) is 0 Å². The highest BCUT2D eigenvalue weighted by Crippen LogP contribution is 2.11. The number of amides is 1. The maximum absolute atomic E-state index is 12.4. The highest BCUT2D eigenvalue weighted by Gasteiger charge is 2.19. The van der Waals surface area contributed by atoms with E-state index in [-0.39, 0.29) is 5.91 Å². The van der Waals surface area contributed by atoms with Gasteiger partial charge in [-0.25, -0.2) is 0 Å². The fourth-order valence-electron chi connectivity index (χ4n) is 2.68. The second kappa shape index (κ2) is 7.76. The van der Waals surface area contributed by atoms with E-state index in [1.165, 1.54) is 5.56 Å². The zero-order valence-corrected chi connectivity index (χ0v) is 14.4. The van der Waals surface area contributed by atoms with Gasteiger partial charge >= 0.3 is 0 Å². The van der Waals surface area contributed by atoms with E-state index in [1.54, 1.807) is 24.1 Å². The first-order chi connectivity index (χ1) is 12.2. The van der Waals surface area contributed by atoms with Crippen LogP contribution in [0.25, 0.3) is 0 Å². The molecule has 0 bridgehead atoms. The summed E-state index contributed by atoms with van der Waals surface area (Å²) in [7, 11) is 3.59. The van der Waals surface area contributed by atoms with Crippen molar-refractivity contribution in [3.63, 3.8) is 0 Å². The molecule has 25 heavy (non-hydrogen) atoms. The van der Waals surface area contributed by atoms with Gasteiger partial charge in [0.2, 0.25) is 5.91 Å². The molecule has 0 saturated carbocycles. The SMILES string of the molecule is CNC(C(=O)NCc1cnn(Cc2ccccc2)c1)c1cnn(C)c1. The van der Waals surface area contributed by atoms with Crippen molar-refractivity contribution in [1.82, 2.24) is 30.2 Å². The fraction of sp³-hybridized carbons (Fsp3) is 0.278. The van der Waals surface area contributed by atoms with Crippen LogP contribution in [0.1, 0.15) is 22.7 Å². The first-order valence-electron chi connectivity index (χ1n) is 8.14. The molecule has 1 atom stereocenters. The molecule has 0 spiro atoms. The van der Waals surface area contributed by atoms with Gasteiger partial charge in [0.25, 0.3) is 0 Å². The van der Waals surface area contributed by atoms with E-state index in [0.717, 1.165) is 11.1 Å². The summed E-state index contributed by atoms with van der Waals surface area (Å²) in [4.78, 5) is 12.4. The Bertz CT molecular complexity index is 823. The minimum atomic E-state index is -0.423. The summed E-state index contributed by atoms with van der Waals surface area (Å²) in [5.41, 5.74) is 2.99. The van der Waals surface area contributed by atoms with Crippen molar-refractivity contribution >= 4 is 5.91 Å². The van der Waals surface area contributed by atoms with Gasteiger partial charge in [0.1, 0.15) is 6.04 Å². The standard InChI is InChI=1S/C18H22N6O/c1-19-17(16-10-21-23(2)13-16)18(25)20-8-15-9-22-24(12-15)11-14-6-4-3-5-7-14/h3-7,9-10,12-13,17,19H,8,11H2,1-2H3,(H,20,25). The van der Waals surface area contributed by atoms with Crippen LogP contribution in [0.5, 0.6) is 0 Å². The lowest BCUT2D eigenvalue weighted by molar-refractivity contribution is -0.123. The third-order valence-corrected chi connectivity index (χ3v) is 3.95. The minimum Gasteiger partial charge on any atom is -0.350 e. The molecule has 0 aliphatic heterocycles. The van der Waals surface area contributed by atoms with Crippen LogP contribution in [-0.2, 0) is 24.9 Å². The van der Waals surface area contributed by atoms with Crippen LogP contribution in [0, 0.1) is 0 Å². The molecule has 130 valence electrons. The van der Waals surface area contributed by atoms with Crippen molar-refractivity contribution in [3.05, 3.63) is 71.8 Å². The zero-order chi connectivity index (χ0) is 17.6. The molecule has 0 aliphatic rings. The lowest BCUT2D eigenvalue weighted by Crippen LogP contribution is -2.35. The summed E-state index contributed by atoms with van der Waals surface area (Å²) in [6, 6.07) is 9.72. The number of aryl methyl sites for hydroxylation is 1. The normalized spacial score (nSPS) is 12.1. The van der Waals surface area contributed by atoms with Gasteiger partial charge in [-0.3, -0.25) is 14.2 Å². The van der Waals surface area contributed by atoms with E-state index >= 15 is 0 Å². The van der Waals surface area contributed by atoms with Crippen LogP contribution in [0.3, 0.4) is 0 Å². The first-order valence-corrected chi connectivity index (χ1v) is 8.14. The Morgan fingerprint density at radius 3 is 2.60 bits per heavy atom. The Morgan fingerprint density at radius 1 is 1.12 bits per heavy atom. The van der Waals surface area contributed by atoms with Gasteiger partial charge in [-0.2, -0.15) is 10.2 Å². The molecule has 0 fully saturated rings. The number of carbonyl (C=O) groups excluding carboxylic acids is 1. The van der Waals surface area contributed by atoms with Crippen LogP contribution in [0.2, 0.25) is 0 Å². The third-order valence-electron chi connectivity index (χ3n) is 3.95. The summed E-state index contributed by atoms with van der Waals surface area (Å²) < 4.78 is 3.55. The average molecular weight is 338 g/mol. The van der Waals surface area contributed by atoms with E-state index < -0.39 is 6.04 Å². The predicted molar refractivity (Wildman–Crippen MR) is 94.6 cm³/mol. The minimum absolute atomic E-state index is 0.0914. The van der Waals surface area contributed by atoms with Crippen LogP contribution < -0.4 is 10.6 Å². The lowest BCUT2D eigenvalue weighted by atomic mass is 10.1. The molecule has 0 radical (unpaired) electrons. The van der Waals surface area contributed by atoms with Gasteiger partial charge in [0.15, 0.2) is 0 Å². The molecule has 0 saturated heterocycles. The van der Waals surface area contributed by atoms with Crippen LogP contribution in [0.15, 0.2) is 55.1 Å². The molecule has 1 aromatic carbocycles. The van der Waals surface area contributed by atoms with E-state index in [0.29, 0.717) is 13.1 Å². The van der Waals surface area contributed by atoms with E-state index in [1.807, 2.05) is 42.3 Å². The molecule has 7 nitrogen and oxygen atoms in total. The second-order valence-corrected chi connectivity index (χ2v) is 5.92. The molecule has 7 heteroatoms. The highest BCUT2D eigenvalue weighted by atomic mass is 16.2. The van der Waals surface area contributed by atoms with Gasteiger partial charge in [0.05, 0.1) is 18.9 Å². The number of hydrogen-bond donors (Lipinski definition) is 2. The number of nitrogens with zero attached hydrogens (tertiary/aromatic N) is 4. The summed E-state index contributed by atoms with van der Waals surface area (Å²) in [5.74, 6) is -0.0914. The Morgan fingerprint density at radius 2 is 1.92 bits per heavy atom. The van der Waals surface area contributed by atoms with Crippen LogP contribution in [0.4, 0.5) is 0 Å². The Balaban J connectivity index is 1.57. The summed E-state index contributed by atoms with van der Waals surface area (Å²) in [5, 5.41) is 14.4. The molecule has 2 heterocycles. The van der Waals surface area contributed by atoms with Crippen LogP contribution in [-0.4, -0.2) is 32.5 Å². The Labute approximate surface area is 146 Å². The number of carbonyl (C=O) groups is 1. The summed E-state index contributed by atoms with van der Waals surface area (Å²) >= 11 is 0. The van der Waals surface area contributed by atoms with E-state index in [2.05, 4.69) is 33.0 Å². The largest absolute Gasteiger partial charge is 0.350 e. The van der Waals surface area contributed by atoms with Crippen molar-refractivity contribution in [1.29, 1.82) is 0 Å². The van der Waals surface area contributed by atoms with Crippen molar-refractivity contribution in [2.24, 2.45) is 7.05 Å². The number of aromatic nitrogens is 4. The number of nitrogens with one attached hydrogen (secondary N) is 2. The highest BCUT2D eigenvalue weighted by molar-refractivity contribution is 5.82. The molecule has 1 unspecified atom stereocenters. The maximum atomic E-state index is 12.4. The molecular formula is C18H22N6O. The predicted octanol–water partition coefficient (Wildman–Crippen LogP) is 1.24. The molecule has 0 aliphatic carbocycles. The molecular weight excluding hydrogens is 316 g/mol. The average Bonchev–Trinajstić information content (AvgIpc) is 3.24. The van der Waals surface area contributed by atoms with Crippen molar-refractivity contribution in [2.75, 3.05) is 7.05 Å². The Kier molecular flexibility index (Phi) is 5.25. The Hall–Kier alpha value is -2.93. The number of rotatable bonds is 7. The quantitative estimate of drug-likeness (QED) is 0.680. The molecule has 3 rings (SSSR count). The van der Waals surface area contributed by atoms with E-state index in [9.17, 15) is 4.79 Å². The first kappa shape index (κ1) is 16.9. The van der Waals surface area contributed by atoms with Gasteiger partial charge in [-0.15, -0.1) is 0 Å². The maximum Gasteiger partial charge on any atom is 0.242 e. The zero-order valence-electron chi connectivity index (χ0n) is 14.4. The number of benzene rings is 1. The van der Waals surface area contributed by atoms with Crippen LogP contribution >= 0.6 is 0 Å². The summed E-state index contributed by atoms with van der Waals surface area (Å²) in [6.45, 7) is 1.15. The second-order valence-electron chi connectivity index (χ2n) is 5.92. The van der Waals surface area contributed by atoms with E-state index in [4.69, 9.17) is 0 Å². The molecule has 3 aromatic rings. The van der Waals surface area contributed by atoms with Gasteiger partial charge in [0, 0.05) is 37.1 Å².